The fourth-order valence-corrected chi connectivity index (χ4v) is 4.07. The molecule has 2 aromatic carbocycles. The Morgan fingerprint density at radius 3 is 2.08 bits per heavy atom. The van der Waals surface area contributed by atoms with E-state index in [1.165, 1.54) is 24.3 Å². The first-order valence-corrected chi connectivity index (χ1v) is 10.3. The predicted octanol–water partition coefficient (Wildman–Crippen LogP) is 3.46. The molecular formula is C18H18Cl2N2O3S. The van der Waals surface area contributed by atoms with Crippen molar-refractivity contribution in [1.29, 1.82) is 0 Å². The first-order valence-electron chi connectivity index (χ1n) is 8.14. The maximum Gasteiger partial charge on any atom is 0.243 e. The molecule has 1 saturated carbocycles. The Labute approximate surface area is 163 Å². The SMILES string of the molecule is O=C(CN(Cc1ccc(Cl)cc1)S(=O)(=O)c1ccc(Cl)cc1)NC1CC1. The van der Waals surface area contributed by atoms with Crippen LogP contribution in [0.4, 0.5) is 0 Å². The summed E-state index contributed by atoms with van der Waals surface area (Å²) in [5.41, 5.74) is 0.742. The Kier molecular flexibility index (Phi) is 5.87. The summed E-state index contributed by atoms with van der Waals surface area (Å²) in [7, 11) is -3.86. The Morgan fingerprint density at radius 2 is 1.54 bits per heavy atom. The third-order valence-electron chi connectivity index (χ3n) is 3.99. The van der Waals surface area contributed by atoms with E-state index in [4.69, 9.17) is 23.2 Å². The molecule has 0 aromatic heterocycles. The topological polar surface area (TPSA) is 66.5 Å². The second-order valence-corrected chi connectivity index (χ2v) is 9.01. The first-order chi connectivity index (χ1) is 12.3. The van der Waals surface area contributed by atoms with Crippen LogP contribution in [0.5, 0.6) is 0 Å². The van der Waals surface area contributed by atoms with Crippen LogP contribution in [0.2, 0.25) is 10.0 Å². The predicted molar refractivity (Wildman–Crippen MR) is 102 cm³/mol. The summed E-state index contributed by atoms with van der Waals surface area (Å²) in [5.74, 6) is -0.306. The quantitative estimate of drug-likeness (QED) is 0.756. The highest BCUT2D eigenvalue weighted by molar-refractivity contribution is 7.89. The van der Waals surface area contributed by atoms with Gasteiger partial charge in [-0.15, -0.1) is 0 Å². The molecular weight excluding hydrogens is 395 g/mol. The van der Waals surface area contributed by atoms with Crippen LogP contribution in [-0.4, -0.2) is 31.2 Å². The van der Waals surface area contributed by atoms with E-state index in [0.717, 1.165) is 22.7 Å². The molecule has 26 heavy (non-hydrogen) atoms. The highest BCUT2D eigenvalue weighted by atomic mass is 35.5. The van der Waals surface area contributed by atoms with Crippen molar-refractivity contribution in [3.63, 3.8) is 0 Å². The van der Waals surface area contributed by atoms with E-state index in [1.807, 2.05) is 0 Å². The van der Waals surface area contributed by atoms with Gasteiger partial charge in [-0.25, -0.2) is 8.42 Å². The molecule has 0 atom stereocenters. The summed E-state index contributed by atoms with van der Waals surface area (Å²) in [4.78, 5) is 12.3. The number of carbonyl (C=O) groups is 1. The van der Waals surface area contributed by atoms with Crippen molar-refractivity contribution >= 4 is 39.1 Å². The van der Waals surface area contributed by atoms with Crippen LogP contribution in [0.1, 0.15) is 18.4 Å². The molecule has 1 amide bonds. The van der Waals surface area contributed by atoms with E-state index in [1.54, 1.807) is 24.3 Å². The van der Waals surface area contributed by atoms with Crippen LogP contribution in [-0.2, 0) is 21.4 Å². The van der Waals surface area contributed by atoms with Crippen molar-refractivity contribution in [2.75, 3.05) is 6.54 Å². The Balaban J connectivity index is 1.85. The molecule has 0 heterocycles. The second-order valence-electron chi connectivity index (χ2n) is 6.20. The Bertz CT molecular complexity index is 880. The fourth-order valence-electron chi connectivity index (χ4n) is 2.44. The van der Waals surface area contributed by atoms with Gasteiger partial charge in [0, 0.05) is 22.6 Å². The van der Waals surface area contributed by atoms with E-state index in [9.17, 15) is 13.2 Å². The van der Waals surface area contributed by atoms with Gasteiger partial charge >= 0.3 is 0 Å². The molecule has 138 valence electrons. The monoisotopic (exact) mass is 412 g/mol. The van der Waals surface area contributed by atoms with Gasteiger partial charge in [0.15, 0.2) is 0 Å². The van der Waals surface area contributed by atoms with Crippen LogP contribution in [0.25, 0.3) is 0 Å². The zero-order valence-electron chi connectivity index (χ0n) is 13.9. The maximum atomic E-state index is 13.0. The molecule has 5 nitrogen and oxygen atoms in total. The van der Waals surface area contributed by atoms with E-state index in [2.05, 4.69) is 5.32 Å². The van der Waals surface area contributed by atoms with Gasteiger partial charge in [-0.3, -0.25) is 4.79 Å². The Hall–Kier alpha value is -1.60. The lowest BCUT2D eigenvalue weighted by Gasteiger charge is -2.22. The number of nitrogens with one attached hydrogen (secondary N) is 1. The lowest BCUT2D eigenvalue weighted by Crippen LogP contribution is -2.41. The zero-order valence-corrected chi connectivity index (χ0v) is 16.2. The third-order valence-corrected chi connectivity index (χ3v) is 6.30. The van der Waals surface area contributed by atoms with Crippen molar-refractivity contribution in [3.05, 3.63) is 64.1 Å². The van der Waals surface area contributed by atoms with Gasteiger partial charge in [0.25, 0.3) is 0 Å². The van der Waals surface area contributed by atoms with E-state index in [0.29, 0.717) is 10.0 Å². The third kappa shape index (κ3) is 4.98. The molecule has 1 fully saturated rings. The molecule has 3 rings (SSSR count). The van der Waals surface area contributed by atoms with Gasteiger partial charge in [0.1, 0.15) is 0 Å². The molecule has 1 aliphatic carbocycles. The van der Waals surface area contributed by atoms with Gasteiger partial charge < -0.3 is 5.32 Å². The van der Waals surface area contributed by atoms with Crippen molar-refractivity contribution in [1.82, 2.24) is 9.62 Å². The van der Waals surface area contributed by atoms with Crippen LogP contribution >= 0.6 is 23.2 Å². The van der Waals surface area contributed by atoms with Crippen LogP contribution in [0.15, 0.2) is 53.4 Å². The summed E-state index contributed by atoms with van der Waals surface area (Å²) >= 11 is 11.7. The number of amides is 1. The number of nitrogens with zero attached hydrogens (tertiary/aromatic N) is 1. The number of carbonyl (C=O) groups excluding carboxylic acids is 1. The lowest BCUT2D eigenvalue weighted by molar-refractivity contribution is -0.121. The second kappa shape index (κ2) is 7.96. The summed E-state index contributed by atoms with van der Waals surface area (Å²) in [5, 5.41) is 3.83. The molecule has 8 heteroatoms. The van der Waals surface area contributed by atoms with Crippen molar-refractivity contribution < 1.29 is 13.2 Å². The molecule has 0 saturated heterocycles. The normalized spacial score (nSPS) is 14.4. The van der Waals surface area contributed by atoms with Gasteiger partial charge in [0.2, 0.25) is 15.9 Å². The summed E-state index contributed by atoms with van der Waals surface area (Å²) < 4.78 is 27.2. The number of benzene rings is 2. The van der Waals surface area contributed by atoms with Gasteiger partial charge in [-0.05, 0) is 54.8 Å². The highest BCUT2D eigenvalue weighted by Crippen LogP contribution is 2.22. The fraction of sp³-hybridized carbons (Fsp3) is 0.278. The smallest absolute Gasteiger partial charge is 0.243 e. The average Bonchev–Trinajstić information content (AvgIpc) is 3.40. The van der Waals surface area contributed by atoms with E-state index in [-0.39, 0.29) is 29.9 Å². The molecule has 2 aromatic rings. The molecule has 0 bridgehead atoms. The maximum absolute atomic E-state index is 13.0. The van der Waals surface area contributed by atoms with Crippen molar-refractivity contribution in [3.8, 4) is 0 Å². The minimum atomic E-state index is -3.86. The van der Waals surface area contributed by atoms with Crippen LogP contribution < -0.4 is 5.32 Å². The Morgan fingerprint density at radius 1 is 1.00 bits per heavy atom. The van der Waals surface area contributed by atoms with E-state index >= 15 is 0 Å². The molecule has 0 aliphatic heterocycles. The minimum absolute atomic E-state index is 0.0697. The summed E-state index contributed by atoms with van der Waals surface area (Å²) in [6, 6.07) is 12.9. The van der Waals surface area contributed by atoms with Crippen molar-refractivity contribution in [2.45, 2.75) is 30.3 Å². The van der Waals surface area contributed by atoms with Gasteiger partial charge in [0.05, 0.1) is 11.4 Å². The minimum Gasteiger partial charge on any atom is -0.352 e. The van der Waals surface area contributed by atoms with Crippen LogP contribution in [0.3, 0.4) is 0 Å². The number of hydrogen-bond donors (Lipinski definition) is 1. The largest absolute Gasteiger partial charge is 0.352 e. The number of hydrogen-bond acceptors (Lipinski definition) is 3. The summed E-state index contributed by atoms with van der Waals surface area (Å²) in [6.07, 6.45) is 1.87. The van der Waals surface area contributed by atoms with Crippen molar-refractivity contribution in [2.24, 2.45) is 0 Å². The zero-order chi connectivity index (χ0) is 18.7. The molecule has 0 radical (unpaired) electrons. The number of sulfonamides is 1. The van der Waals surface area contributed by atoms with E-state index < -0.39 is 10.0 Å². The molecule has 1 aliphatic rings. The van der Waals surface area contributed by atoms with Crippen LogP contribution in [0, 0.1) is 0 Å². The summed E-state index contributed by atoms with van der Waals surface area (Å²) in [6.45, 7) is -0.176. The molecule has 1 N–H and O–H groups in total. The molecule has 0 spiro atoms. The number of rotatable bonds is 7. The van der Waals surface area contributed by atoms with Gasteiger partial charge in [-0.1, -0.05) is 35.3 Å². The highest BCUT2D eigenvalue weighted by Gasteiger charge is 2.29. The first kappa shape index (κ1) is 19.2. The number of halogens is 2. The average molecular weight is 413 g/mol. The molecule has 0 unspecified atom stereocenters. The standard InChI is InChI=1S/C18H18Cl2N2O3S/c19-14-3-1-13(2-4-14)11-22(12-18(23)21-16-7-8-16)26(24,25)17-9-5-15(20)6-10-17/h1-6,9-10,16H,7-8,11-12H2,(H,21,23). The lowest BCUT2D eigenvalue weighted by atomic mass is 10.2. The van der Waals surface area contributed by atoms with Gasteiger partial charge in [-0.2, -0.15) is 4.31 Å².